The summed E-state index contributed by atoms with van der Waals surface area (Å²) in [6, 6.07) is 17.1. The number of anilines is 1. The van der Waals surface area contributed by atoms with E-state index in [4.69, 9.17) is 4.74 Å². The largest absolute Gasteiger partial charge is 0.491 e. The van der Waals surface area contributed by atoms with E-state index in [1.807, 2.05) is 24.3 Å². The molecule has 0 aromatic heterocycles. The van der Waals surface area contributed by atoms with Crippen LogP contribution in [-0.2, 0) is 17.6 Å². The molecule has 2 atom stereocenters. The van der Waals surface area contributed by atoms with Gasteiger partial charge in [-0.2, -0.15) is 0 Å². The second-order valence-electron chi connectivity index (χ2n) is 9.68. The van der Waals surface area contributed by atoms with Gasteiger partial charge in [-0.3, -0.25) is 14.9 Å². The number of nitrogens with one attached hydrogen (secondary N) is 1. The van der Waals surface area contributed by atoms with E-state index in [1.54, 1.807) is 0 Å². The van der Waals surface area contributed by atoms with Crippen LogP contribution in [0.25, 0.3) is 0 Å². The molecule has 2 aromatic rings. The average molecular weight is 495 g/mol. The van der Waals surface area contributed by atoms with Crippen LogP contribution in [-0.4, -0.2) is 35.6 Å². The first-order chi connectivity index (χ1) is 17.1. The van der Waals surface area contributed by atoms with Gasteiger partial charge in [0.05, 0.1) is 11.3 Å². The summed E-state index contributed by atoms with van der Waals surface area (Å²) in [6.45, 7) is 4.01. The number of fused-ring (bicyclic) bond motifs is 1. The summed E-state index contributed by atoms with van der Waals surface area (Å²) in [5.41, 5.74) is 3.85. The third kappa shape index (κ3) is 7.26. The highest BCUT2D eigenvalue weighted by molar-refractivity contribution is 8.15. The van der Waals surface area contributed by atoms with Crippen LogP contribution in [0.15, 0.2) is 48.5 Å². The standard InChI is InChI=1S/C29H38N2O3S/c1-2-3-4-5-6-7-10-19-31-24(16-15-23-11-8-9-12-26(23)31)21-34-25-17-13-22(14-18-25)20-27-28(32)30-29(33)35-27/h8-9,11-14,17-18,24,27H,2-7,10,15-16,19-21H2,1H3,(H,30,32,33). The number of imide groups is 1. The Morgan fingerprint density at radius 1 is 0.971 bits per heavy atom. The SMILES string of the molecule is CCCCCCCCCN1c2ccccc2CCC1COc1ccc(CC2SC(=O)NC2=O)cc1. The number of benzene rings is 2. The minimum Gasteiger partial charge on any atom is -0.491 e. The van der Waals surface area contributed by atoms with Crippen molar-refractivity contribution in [1.29, 1.82) is 0 Å². The predicted molar refractivity (Wildman–Crippen MR) is 144 cm³/mol. The maximum atomic E-state index is 11.8. The highest BCUT2D eigenvalue weighted by atomic mass is 32.2. The Hall–Kier alpha value is -2.47. The van der Waals surface area contributed by atoms with E-state index in [9.17, 15) is 9.59 Å². The first-order valence-corrected chi connectivity index (χ1v) is 14.1. The Bertz CT molecular complexity index is 978. The van der Waals surface area contributed by atoms with Crippen LogP contribution in [0.5, 0.6) is 5.75 Å². The third-order valence-corrected chi connectivity index (χ3v) is 8.03. The number of para-hydroxylation sites is 1. The molecule has 0 radical (unpaired) electrons. The summed E-state index contributed by atoms with van der Waals surface area (Å²) in [7, 11) is 0. The van der Waals surface area contributed by atoms with E-state index < -0.39 is 0 Å². The minimum absolute atomic E-state index is 0.195. The fourth-order valence-corrected chi connectivity index (χ4v) is 5.91. The molecule has 2 unspecified atom stereocenters. The molecule has 0 aliphatic carbocycles. The molecule has 2 aliphatic heterocycles. The van der Waals surface area contributed by atoms with Gasteiger partial charge in [0, 0.05) is 12.2 Å². The lowest BCUT2D eigenvalue weighted by molar-refractivity contribution is -0.118. The fourth-order valence-electron chi connectivity index (χ4n) is 5.05. The molecule has 1 saturated heterocycles. The van der Waals surface area contributed by atoms with Gasteiger partial charge in [0.15, 0.2) is 0 Å². The molecular weight excluding hydrogens is 456 g/mol. The Balaban J connectivity index is 1.30. The Kier molecular flexibility index (Phi) is 9.52. The molecular formula is C29H38N2O3S. The molecule has 1 N–H and O–H groups in total. The summed E-state index contributed by atoms with van der Waals surface area (Å²) >= 11 is 1.07. The van der Waals surface area contributed by atoms with E-state index in [0.717, 1.165) is 42.5 Å². The molecule has 2 aromatic carbocycles. The number of hydrogen-bond donors (Lipinski definition) is 1. The zero-order valence-electron chi connectivity index (χ0n) is 20.8. The van der Waals surface area contributed by atoms with Gasteiger partial charge < -0.3 is 9.64 Å². The van der Waals surface area contributed by atoms with Gasteiger partial charge in [0.2, 0.25) is 5.91 Å². The maximum Gasteiger partial charge on any atom is 0.286 e. The normalized spacial score (nSPS) is 19.5. The molecule has 2 amide bonds. The van der Waals surface area contributed by atoms with Crippen LogP contribution in [0, 0.1) is 0 Å². The van der Waals surface area contributed by atoms with Gasteiger partial charge in [0.25, 0.3) is 5.24 Å². The molecule has 0 bridgehead atoms. The summed E-state index contributed by atoms with van der Waals surface area (Å²) in [4.78, 5) is 25.8. The van der Waals surface area contributed by atoms with Crippen LogP contribution in [0.4, 0.5) is 10.5 Å². The van der Waals surface area contributed by atoms with Gasteiger partial charge in [-0.05, 0) is 55.0 Å². The molecule has 6 heteroatoms. The number of aryl methyl sites for hydroxylation is 1. The first-order valence-electron chi connectivity index (χ1n) is 13.2. The number of ether oxygens (including phenoxy) is 1. The van der Waals surface area contributed by atoms with Crippen molar-refractivity contribution in [2.75, 3.05) is 18.1 Å². The second kappa shape index (κ2) is 13.0. The highest BCUT2D eigenvalue weighted by Crippen LogP contribution is 2.31. The van der Waals surface area contributed by atoms with Crippen molar-refractivity contribution in [2.45, 2.75) is 82.4 Å². The zero-order chi connectivity index (χ0) is 24.5. The number of carbonyl (C=O) groups excluding carboxylic acids is 2. The number of nitrogens with zero attached hydrogens (tertiary/aromatic N) is 1. The average Bonchev–Trinajstić information content (AvgIpc) is 3.19. The highest BCUT2D eigenvalue weighted by Gasteiger charge is 2.31. The van der Waals surface area contributed by atoms with Crippen LogP contribution in [0.2, 0.25) is 0 Å². The molecule has 1 fully saturated rings. The Labute approximate surface area is 214 Å². The molecule has 2 heterocycles. The monoisotopic (exact) mass is 494 g/mol. The van der Waals surface area contributed by atoms with Crippen molar-refractivity contribution in [3.63, 3.8) is 0 Å². The van der Waals surface area contributed by atoms with Crippen LogP contribution in [0.3, 0.4) is 0 Å². The molecule has 0 spiro atoms. The predicted octanol–water partition coefficient (Wildman–Crippen LogP) is 6.53. The van der Waals surface area contributed by atoms with Crippen LogP contribution >= 0.6 is 11.8 Å². The number of carbonyl (C=O) groups is 2. The van der Waals surface area contributed by atoms with Crippen molar-refractivity contribution in [3.8, 4) is 5.75 Å². The van der Waals surface area contributed by atoms with E-state index in [0.29, 0.717) is 19.1 Å². The third-order valence-electron chi connectivity index (χ3n) is 7.05. The molecule has 4 rings (SSSR count). The lowest BCUT2D eigenvalue weighted by Crippen LogP contribution is -2.43. The lowest BCUT2D eigenvalue weighted by atomic mass is 9.95. The molecule has 0 saturated carbocycles. The molecule has 35 heavy (non-hydrogen) atoms. The molecule has 5 nitrogen and oxygen atoms in total. The second-order valence-corrected chi connectivity index (χ2v) is 10.9. The van der Waals surface area contributed by atoms with Crippen molar-refractivity contribution >= 4 is 28.6 Å². The quantitative estimate of drug-likeness (QED) is 0.321. The van der Waals surface area contributed by atoms with Crippen molar-refractivity contribution in [2.24, 2.45) is 0 Å². The van der Waals surface area contributed by atoms with E-state index in [1.165, 1.54) is 56.2 Å². The van der Waals surface area contributed by atoms with Crippen LogP contribution < -0.4 is 15.0 Å². The fraction of sp³-hybridized carbons (Fsp3) is 0.517. The Morgan fingerprint density at radius 3 is 2.46 bits per heavy atom. The van der Waals surface area contributed by atoms with Gasteiger partial charge in [-0.1, -0.05) is 87.5 Å². The minimum atomic E-state index is -0.336. The van der Waals surface area contributed by atoms with E-state index in [2.05, 4.69) is 41.4 Å². The lowest BCUT2D eigenvalue weighted by Gasteiger charge is -2.39. The smallest absolute Gasteiger partial charge is 0.286 e. The topological polar surface area (TPSA) is 58.6 Å². The summed E-state index contributed by atoms with van der Waals surface area (Å²) in [5, 5.41) is 1.76. The summed E-state index contributed by atoms with van der Waals surface area (Å²) in [5.74, 6) is 0.655. The number of amides is 2. The summed E-state index contributed by atoms with van der Waals surface area (Å²) < 4.78 is 6.25. The van der Waals surface area contributed by atoms with Gasteiger partial charge in [-0.25, -0.2) is 0 Å². The van der Waals surface area contributed by atoms with Gasteiger partial charge in [-0.15, -0.1) is 0 Å². The van der Waals surface area contributed by atoms with Crippen molar-refractivity contribution in [3.05, 3.63) is 59.7 Å². The maximum absolute atomic E-state index is 11.8. The Morgan fingerprint density at radius 2 is 1.71 bits per heavy atom. The van der Waals surface area contributed by atoms with Gasteiger partial charge >= 0.3 is 0 Å². The summed E-state index contributed by atoms with van der Waals surface area (Å²) in [6.07, 6.45) is 12.0. The van der Waals surface area contributed by atoms with E-state index in [-0.39, 0.29) is 16.4 Å². The van der Waals surface area contributed by atoms with Gasteiger partial charge in [0.1, 0.15) is 12.4 Å². The molecule has 2 aliphatic rings. The first kappa shape index (κ1) is 25.6. The molecule has 188 valence electrons. The van der Waals surface area contributed by atoms with Crippen molar-refractivity contribution < 1.29 is 14.3 Å². The van der Waals surface area contributed by atoms with E-state index >= 15 is 0 Å². The van der Waals surface area contributed by atoms with Crippen LogP contribution in [0.1, 0.15) is 69.4 Å². The number of unbranched alkanes of at least 4 members (excludes halogenated alkanes) is 6. The van der Waals surface area contributed by atoms with Crippen molar-refractivity contribution in [1.82, 2.24) is 5.32 Å². The number of thioether (sulfide) groups is 1. The number of hydrogen-bond acceptors (Lipinski definition) is 5. The number of rotatable bonds is 13. The zero-order valence-corrected chi connectivity index (χ0v) is 21.7.